The van der Waals surface area contributed by atoms with E-state index in [9.17, 15) is 4.79 Å². The van der Waals surface area contributed by atoms with E-state index in [4.69, 9.17) is 0 Å². The van der Waals surface area contributed by atoms with Crippen LogP contribution in [0.2, 0.25) is 0 Å². The van der Waals surface area contributed by atoms with Crippen LogP contribution in [0.3, 0.4) is 0 Å². The van der Waals surface area contributed by atoms with Gasteiger partial charge in [0, 0.05) is 19.1 Å². The van der Waals surface area contributed by atoms with Crippen LogP contribution < -0.4 is 10.6 Å². The Morgan fingerprint density at radius 3 is 2.70 bits per heavy atom. The lowest BCUT2D eigenvalue weighted by Crippen LogP contribution is -2.34. The molecule has 1 aromatic heterocycles. The molecule has 0 bridgehead atoms. The maximum absolute atomic E-state index is 12.0. The number of piperidine rings is 1. The van der Waals surface area contributed by atoms with Crippen molar-refractivity contribution >= 4 is 30.7 Å². The molecule has 1 amide bonds. The lowest BCUT2D eigenvalue weighted by Gasteiger charge is -2.22. The van der Waals surface area contributed by atoms with Gasteiger partial charge in [0.15, 0.2) is 5.69 Å². The molecule has 1 aliphatic carbocycles. The van der Waals surface area contributed by atoms with Crippen molar-refractivity contribution in [3.05, 3.63) is 11.9 Å². The van der Waals surface area contributed by atoms with Gasteiger partial charge < -0.3 is 15.5 Å². The Kier molecular flexibility index (Phi) is 8.25. The minimum atomic E-state index is -0.126. The van der Waals surface area contributed by atoms with E-state index in [-0.39, 0.29) is 30.7 Å². The Balaban J connectivity index is 0.00000132. The number of hydrogen-bond acceptors (Lipinski definition) is 5. The maximum Gasteiger partial charge on any atom is 0.273 e. The fourth-order valence-corrected chi connectivity index (χ4v) is 2.76. The molecule has 0 radical (unpaired) electrons. The number of likely N-dealkylation sites (N-methyl/N-ethyl adjacent to an activating group) is 1. The SMILES string of the molecule is CN(CCNC(=O)c1cn(C2CCNCC2)nn1)C1CC1.Cl.Cl. The third kappa shape index (κ3) is 5.60. The molecule has 2 heterocycles. The number of nitrogens with zero attached hydrogens (tertiary/aromatic N) is 4. The Morgan fingerprint density at radius 2 is 2.04 bits per heavy atom. The minimum absolute atomic E-state index is 0. The highest BCUT2D eigenvalue weighted by Gasteiger charge is 2.25. The van der Waals surface area contributed by atoms with Crippen molar-refractivity contribution in [2.45, 2.75) is 37.8 Å². The molecule has 2 fully saturated rings. The molecule has 23 heavy (non-hydrogen) atoms. The van der Waals surface area contributed by atoms with E-state index in [0.29, 0.717) is 18.3 Å². The first kappa shape index (κ1) is 20.2. The van der Waals surface area contributed by atoms with Crippen molar-refractivity contribution in [3.8, 4) is 0 Å². The van der Waals surface area contributed by atoms with E-state index in [1.165, 1.54) is 12.8 Å². The lowest BCUT2D eigenvalue weighted by atomic mass is 10.1. The highest BCUT2D eigenvalue weighted by Crippen LogP contribution is 2.24. The second-order valence-corrected chi connectivity index (χ2v) is 6.03. The van der Waals surface area contributed by atoms with E-state index in [0.717, 1.165) is 38.5 Å². The number of carbonyl (C=O) groups is 1. The molecule has 1 aromatic rings. The molecule has 9 heteroatoms. The van der Waals surface area contributed by atoms with E-state index in [1.54, 1.807) is 6.20 Å². The van der Waals surface area contributed by atoms with Gasteiger partial charge in [-0.1, -0.05) is 5.21 Å². The standard InChI is InChI=1S/C14H24N6O.2ClH/c1-19(11-2-3-11)9-8-16-14(21)13-10-20(18-17-13)12-4-6-15-7-5-12;;/h10-12,15H,2-9H2,1H3,(H,16,21);2*1H. The highest BCUT2D eigenvalue weighted by molar-refractivity contribution is 5.91. The zero-order valence-corrected chi connectivity index (χ0v) is 15.0. The number of rotatable bonds is 6. The molecule has 0 atom stereocenters. The first-order valence-electron chi connectivity index (χ1n) is 7.85. The molecule has 1 saturated heterocycles. The summed E-state index contributed by atoms with van der Waals surface area (Å²) >= 11 is 0. The normalized spacial score (nSPS) is 18.2. The molecule has 0 spiro atoms. The highest BCUT2D eigenvalue weighted by atomic mass is 35.5. The van der Waals surface area contributed by atoms with Crippen molar-refractivity contribution in [2.75, 3.05) is 33.2 Å². The van der Waals surface area contributed by atoms with Crippen LogP contribution in [0.4, 0.5) is 0 Å². The van der Waals surface area contributed by atoms with Crippen LogP contribution in [0.1, 0.15) is 42.2 Å². The van der Waals surface area contributed by atoms with Crippen LogP contribution >= 0.6 is 24.8 Å². The van der Waals surface area contributed by atoms with Gasteiger partial charge in [-0.25, -0.2) is 4.68 Å². The summed E-state index contributed by atoms with van der Waals surface area (Å²) in [6, 6.07) is 1.09. The van der Waals surface area contributed by atoms with Gasteiger partial charge >= 0.3 is 0 Å². The van der Waals surface area contributed by atoms with Gasteiger partial charge in [-0.2, -0.15) is 0 Å². The molecule has 3 rings (SSSR count). The van der Waals surface area contributed by atoms with Crippen molar-refractivity contribution in [1.29, 1.82) is 0 Å². The smallest absolute Gasteiger partial charge is 0.273 e. The zero-order chi connectivity index (χ0) is 14.7. The maximum atomic E-state index is 12.0. The van der Waals surface area contributed by atoms with Gasteiger partial charge in [0.05, 0.1) is 12.2 Å². The van der Waals surface area contributed by atoms with Gasteiger partial charge in [-0.15, -0.1) is 29.9 Å². The summed E-state index contributed by atoms with van der Waals surface area (Å²) in [6.07, 6.45) is 6.42. The van der Waals surface area contributed by atoms with Crippen molar-refractivity contribution in [1.82, 2.24) is 30.5 Å². The molecule has 7 nitrogen and oxygen atoms in total. The summed E-state index contributed by atoms with van der Waals surface area (Å²) < 4.78 is 1.84. The summed E-state index contributed by atoms with van der Waals surface area (Å²) in [5.41, 5.74) is 0.419. The topological polar surface area (TPSA) is 75.1 Å². The quantitative estimate of drug-likeness (QED) is 0.783. The Morgan fingerprint density at radius 1 is 1.35 bits per heavy atom. The van der Waals surface area contributed by atoms with Crippen molar-refractivity contribution < 1.29 is 4.79 Å². The van der Waals surface area contributed by atoms with Gasteiger partial charge in [-0.05, 0) is 45.8 Å². The van der Waals surface area contributed by atoms with Gasteiger partial charge in [0.25, 0.3) is 5.91 Å². The number of carbonyl (C=O) groups excluding carboxylic acids is 1. The first-order valence-corrected chi connectivity index (χ1v) is 7.85. The number of hydrogen-bond donors (Lipinski definition) is 2. The Hall–Kier alpha value is -0.890. The average Bonchev–Trinajstić information content (AvgIpc) is 3.25. The predicted molar refractivity (Wildman–Crippen MR) is 93.6 cm³/mol. The summed E-state index contributed by atoms with van der Waals surface area (Å²) in [6.45, 7) is 3.55. The summed E-state index contributed by atoms with van der Waals surface area (Å²) in [4.78, 5) is 14.3. The van der Waals surface area contributed by atoms with Crippen LogP contribution in [-0.2, 0) is 0 Å². The van der Waals surface area contributed by atoms with Crippen LogP contribution in [0.15, 0.2) is 6.20 Å². The number of aromatic nitrogens is 3. The van der Waals surface area contributed by atoms with Gasteiger partial charge in [0.1, 0.15) is 0 Å². The second kappa shape index (κ2) is 9.42. The molecular formula is C14H26Cl2N6O. The fourth-order valence-electron chi connectivity index (χ4n) is 2.76. The fraction of sp³-hybridized carbons (Fsp3) is 0.786. The van der Waals surface area contributed by atoms with Crippen LogP contribution in [0, 0.1) is 0 Å². The number of halogens is 2. The number of amides is 1. The monoisotopic (exact) mass is 364 g/mol. The largest absolute Gasteiger partial charge is 0.349 e. The van der Waals surface area contributed by atoms with Gasteiger partial charge in [-0.3, -0.25) is 4.79 Å². The molecular weight excluding hydrogens is 339 g/mol. The zero-order valence-electron chi connectivity index (χ0n) is 13.4. The first-order chi connectivity index (χ1) is 10.2. The summed E-state index contributed by atoms with van der Waals surface area (Å²) in [5.74, 6) is -0.126. The molecule has 0 aromatic carbocycles. The summed E-state index contributed by atoms with van der Waals surface area (Å²) in [7, 11) is 2.11. The van der Waals surface area contributed by atoms with Crippen LogP contribution in [0.5, 0.6) is 0 Å². The van der Waals surface area contributed by atoms with Crippen molar-refractivity contribution in [3.63, 3.8) is 0 Å². The molecule has 2 N–H and O–H groups in total. The molecule has 1 saturated carbocycles. The third-order valence-corrected chi connectivity index (χ3v) is 4.35. The lowest BCUT2D eigenvalue weighted by molar-refractivity contribution is 0.0944. The molecule has 0 unspecified atom stereocenters. The number of nitrogens with one attached hydrogen (secondary N) is 2. The third-order valence-electron chi connectivity index (χ3n) is 4.35. The van der Waals surface area contributed by atoms with E-state index in [2.05, 4.69) is 32.9 Å². The average molecular weight is 365 g/mol. The van der Waals surface area contributed by atoms with Gasteiger partial charge in [0.2, 0.25) is 0 Å². The van der Waals surface area contributed by atoms with Crippen LogP contribution in [0.25, 0.3) is 0 Å². The van der Waals surface area contributed by atoms with E-state index in [1.807, 2.05) is 4.68 Å². The van der Waals surface area contributed by atoms with E-state index < -0.39 is 0 Å². The Bertz CT molecular complexity index is 487. The molecule has 1 aliphatic heterocycles. The van der Waals surface area contributed by atoms with E-state index >= 15 is 0 Å². The second-order valence-electron chi connectivity index (χ2n) is 6.03. The minimum Gasteiger partial charge on any atom is -0.349 e. The Labute approximate surface area is 149 Å². The molecule has 2 aliphatic rings. The van der Waals surface area contributed by atoms with Crippen LogP contribution in [-0.4, -0.2) is 65.1 Å². The predicted octanol–water partition coefficient (Wildman–Crippen LogP) is 0.870. The summed E-state index contributed by atoms with van der Waals surface area (Å²) in [5, 5.41) is 14.4. The molecule has 132 valence electrons. The van der Waals surface area contributed by atoms with Crippen molar-refractivity contribution in [2.24, 2.45) is 0 Å².